The molecule has 2 aromatic heterocycles. The molecule has 0 bridgehead atoms. The SMILES string of the molecule is CCOC(=O)c1sc(NC(=O)Cn2nc(-c3cccc4ccccc34)ccc2=O)nc1C. The average Bonchev–Trinajstić information content (AvgIpc) is 3.15. The highest BCUT2D eigenvalue weighted by atomic mass is 32.1. The lowest BCUT2D eigenvalue weighted by Crippen LogP contribution is -2.29. The third kappa shape index (κ3) is 4.42. The summed E-state index contributed by atoms with van der Waals surface area (Å²) in [6.07, 6.45) is 0. The molecule has 9 heteroatoms. The first-order chi connectivity index (χ1) is 15.5. The maximum Gasteiger partial charge on any atom is 0.350 e. The molecule has 0 saturated heterocycles. The number of benzene rings is 2. The maximum atomic E-state index is 12.6. The highest BCUT2D eigenvalue weighted by Crippen LogP contribution is 2.26. The lowest BCUT2D eigenvalue weighted by atomic mass is 10.0. The van der Waals surface area contributed by atoms with Crippen LogP contribution in [0.5, 0.6) is 0 Å². The number of fused-ring (bicyclic) bond motifs is 1. The van der Waals surface area contributed by atoms with E-state index >= 15 is 0 Å². The first kappa shape index (κ1) is 21.4. The smallest absolute Gasteiger partial charge is 0.350 e. The van der Waals surface area contributed by atoms with E-state index in [9.17, 15) is 14.4 Å². The molecule has 2 heterocycles. The number of thiazole rings is 1. The third-order valence-electron chi connectivity index (χ3n) is 4.73. The van der Waals surface area contributed by atoms with E-state index in [2.05, 4.69) is 15.4 Å². The second-order valence-electron chi connectivity index (χ2n) is 6.94. The normalized spacial score (nSPS) is 10.8. The van der Waals surface area contributed by atoms with Crippen LogP contribution >= 0.6 is 11.3 Å². The Hall–Kier alpha value is -3.85. The summed E-state index contributed by atoms with van der Waals surface area (Å²) in [5, 5.41) is 9.34. The summed E-state index contributed by atoms with van der Waals surface area (Å²) in [4.78, 5) is 41.3. The molecule has 0 spiro atoms. The van der Waals surface area contributed by atoms with E-state index in [1.165, 1.54) is 6.07 Å². The number of amides is 1. The Morgan fingerprint density at radius 3 is 2.69 bits per heavy atom. The molecule has 0 unspecified atom stereocenters. The highest BCUT2D eigenvalue weighted by molar-refractivity contribution is 7.17. The molecule has 0 atom stereocenters. The zero-order chi connectivity index (χ0) is 22.7. The zero-order valence-electron chi connectivity index (χ0n) is 17.5. The first-order valence-corrected chi connectivity index (χ1v) is 10.8. The minimum Gasteiger partial charge on any atom is -0.462 e. The number of hydrogen-bond donors (Lipinski definition) is 1. The van der Waals surface area contributed by atoms with Crippen molar-refractivity contribution in [2.75, 3.05) is 11.9 Å². The van der Waals surface area contributed by atoms with Crippen molar-refractivity contribution in [3.05, 3.63) is 75.5 Å². The molecule has 0 radical (unpaired) electrons. The molecule has 0 saturated carbocycles. The highest BCUT2D eigenvalue weighted by Gasteiger charge is 2.18. The third-order valence-corrected chi connectivity index (χ3v) is 5.78. The number of esters is 1. The Labute approximate surface area is 187 Å². The maximum absolute atomic E-state index is 12.6. The predicted octanol–water partition coefficient (Wildman–Crippen LogP) is 3.64. The van der Waals surface area contributed by atoms with Crippen molar-refractivity contribution in [3.8, 4) is 11.3 Å². The average molecular weight is 449 g/mol. The van der Waals surface area contributed by atoms with Crippen molar-refractivity contribution >= 4 is 39.1 Å². The van der Waals surface area contributed by atoms with Crippen molar-refractivity contribution < 1.29 is 14.3 Å². The Balaban J connectivity index is 1.56. The van der Waals surface area contributed by atoms with Gasteiger partial charge in [-0.1, -0.05) is 53.8 Å². The number of hydrogen-bond acceptors (Lipinski definition) is 7. The van der Waals surface area contributed by atoms with Crippen LogP contribution in [0.1, 0.15) is 22.3 Å². The first-order valence-electron chi connectivity index (χ1n) is 9.97. The number of carbonyl (C=O) groups excluding carboxylic acids is 2. The number of carbonyl (C=O) groups is 2. The number of ether oxygens (including phenoxy) is 1. The minimum absolute atomic E-state index is 0.249. The van der Waals surface area contributed by atoms with Crippen LogP contribution < -0.4 is 10.9 Å². The van der Waals surface area contributed by atoms with Gasteiger partial charge in [-0.05, 0) is 30.7 Å². The molecule has 0 aliphatic heterocycles. The van der Waals surface area contributed by atoms with Crippen molar-refractivity contribution in [2.24, 2.45) is 0 Å². The largest absolute Gasteiger partial charge is 0.462 e. The van der Waals surface area contributed by atoms with Crippen LogP contribution in [0.3, 0.4) is 0 Å². The predicted molar refractivity (Wildman–Crippen MR) is 123 cm³/mol. The van der Waals surface area contributed by atoms with Gasteiger partial charge in [0.1, 0.15) is 11.4 Å². The van der Waals surface area contributed by atoms with E-state index < -0.39 is 17.4 Å². The lowest BCUT2D eigenvalue weighted by Gasteiger charge is -2.09. The van der Waals surface area contributed by atoms with E-state index in [1.807, 2.05) is 42.5 Å². The van der Waals surface area contributed by atoms with Crippen molar-refractivity contribution in [2.45, 2.75) is 20.4 Å². The van der Waals surface area contributed by atoms with Gasteiger partial charge in [0.15, 0.2) is 5.13 Å². The molecule has 162 valence electrons. The van der Waals surface area contributed by atoms with Gasteiger partial charge in [0.05, 0.1) is 18.0 Å². The fourth-order valence-electron chi connectivity index (χ4n) is 3.29. The molecule has 4 rings (SSSR count). The van der Waals surface area contributed by atoms with E-state index in [0.29, 0.717) is 16.3 Å². The van der Waals surface area contributed by atoms with Gasteiger partial charge in [0.25, 0.3) is 5.56 Å². The fraction of sp³-hybridized carbons (Fsp3) is 0.174. The zero-order valence-corrected chi connectivity index (χ0v) is 18.3. The molecule has 4 aromatic rings. The van der Waals surface area contributed by atoms with Crippen molar-refractivity contribution in [3.63, 3.8) is 0 Å². The van der Waals surface area contributed by atoms with Gasteiger partial charge >= 0.3 is 5.97 Å². The van der Waals surface area contributed by atoms with Gasteiger partial charge in [0.2, 0.25) is 5.91 Å². The number of anilines is 1. The molecule has 0 aliphatic rings. The summed E-state index contributed by atoms with van der Waals surface area (Å²) in [6.45, 7) is 3.34. The Morgan fingerprint density at radius 1 is 1.09 bits per heavy atom. The van der Waals surface area contributed by atoms with E-state index in [4.69, 9.17) is 4.74 Å². The number of aromatic nitrogens is 3. The fourth-order valence-corrected chi connectivity index (χ4v) is 4.16. The summed E-state index contributed by atoms with van der Waals surface area (Å²) in [5.41, 5.74) is 1.53. The van der Waals surface area contributed by atoms with Crippen LogP contribution in [0.25, 0.3) is 22.0 Å². The van der Waals surface area contributed by atoms with Gasteiger partial charge in [-0.3, -0.25) is 9.59 Å². The Morgan fingerprint density at radius 2 is 1.88 bits per heavy atom. The summed E-state index contributed by atoms with van der Waals surface area (Å²) >= 11 is 1.03. The molecule has 0 aliphatic carbocycles. The molecule has 8 nitrogen and oxygen atoms in total. The van der Waals surface area contributed by atoms with Crippen LogP contribution in [-0.4, -0.2) is 33.2 Å². The van der Waals surface area contributed by atoms with Gasteiger partial charge in [-0.25, -0.2) is 14.5 Å². The second-order valence-corrected chi connectivity index (χ2v) is 7.94. The summed E-state index contributed by atoms with van der Waals surface area (Å²) in [6, 6.07) is 16.8. The van der Waals surface area contributed by atoms with Crippen LogP contribution in [0, 0.1) is 6.92 Å². The van der Waals surface area contributed by atoms with Crippen molar-refractivity contribution in [1.29, 1.82) is 0 Å². The Kier molecular flexibility index (Phi) is 6.09. The van der Waals surface area contributed by atoms with Crippen LogP contribution in [0.15, 0.2) is 59.4 Å². The van der Waals surface area contributed by atoms with Crippen molar-refractivity contribution in [1.82, 2.24) is 14.8 Å². The quantitative estimate of drug-likeness (QED) is 0.452. The van der Waals surface area contributed by atoms with Crippen LogP contribution in [0.2, 0.25) is 0 Å². The number of nitrogens with one attached hydrogen (secondary N) is 1. The summed E-state index contributed by atoms with van der Waals surface area (Å²) < 4.78 is 6.10. The number of nitrogens with zero attached hydrogens (tertiary/aromatic N) is 3. The monoisotopic (exact) mass is 448 g/mol. The molecular weight excluding hydrogens is 428 g/mol. The molecule has 1 N–H and O–H groups in total. The lowest BCUT2D eigenvalue weighted by molar-refractivity contribution is -0.117. The molecule has 1 amide bonds. The van der Waals surface area contributed by atoms with Gasteiger partial charge in [-0.2, -0.15) is 5.10 Å². The van der Waals surface area contributed by atoms with E-state index in [-0.39, 0.29) is 18.3 Å². The topological polar surface area (TPSA) is 103 Å². The molecule has 32 heavy (non-hydrogen) atoms. The van der Waals surface area contributed by atoms with Gasteiger partial charge in [-0.15, -0.1) is 0 Å². The number of rotatable bonds is 6. The number of aryl methyl sites for hydroxylation is 1. The molecular formula is C23H20N4O4S. The van der Waals surface area contributed by atoms with E-state index in [1.54, 1.807) is 19.9 Å². The molecule has 2 aromatic carbocycles. The van der Waals surface area contributed by atoms with Gasteiger partial charge in [0, 0.05) is 11.6 Å². The second kappa shape index (κ2) is 9.11. The van der Waals surface area contributed by atoms with Crippen LogP contribution in [-0.2, 0) is 16.1 Å². The van der Waals surface area contributed by atoms with Crippen LogP contribution in [0.4, 0.5) is 5.13 Å². The van der Waals surface area contributed by atoms with Gasteiger partial charge < -0.3 is 10.1 Å². The summed E-state index contributed by atoms with van der Waals surface area (Å²) in [5.74, 6) is -0.956. The standard InChI is InChI=1S/C23H20N4O4S/c1-3-31-22(30)21-14(2)24-23(32-21)25-19(28)13-27-20(29)12-11-18(26-27)17-10-6-8-15-7-4-5-9-16(15)17/h4-12H,3,13H2,1-2H3,(H,24,25,28). The van der Waals surface area contributed by atoms with E-state index in [0.717, 1.165) is 32.4 Å². The minimum atomic E-state index is -0.483. The molecule has 0 fully saturated rings. The summed E-state index contributed by atoms with van der Waals surface area (Å²) in [7, 11) is 0. The Bertz CT molecular complexity index is 1370.